The van der Waals surface area contributed by atoms with Gasteiger partial charge in [-0.2, -0.15) is 0 Å². The summed E-state index contributed by atoms with van der Waals surface area (Å²) >= 11 is 0. The molecule has 3 aliphatic rings. The molecule has 0 aromatic heterocycles. The van der Waals surface area contributed by atoms with Gasteiger partial charge in [0.1, 0.15) is 0 Å². The molecule has 3 fully saturated rings. The van der Waals surface area contributed by atoms with Crippen molar-refractivity contribution in [2.45, 2.75) is 44.6 Å². The Morgan fingerprint density at radius 1 is 1.05 bits per heavy atom. The monoisotopic (exact) mass is 288 g/mol. The smallest absolute Gasteiger partial charge is 0.0558 e. The van der Waals surface area contributed by atoms with E-state index >= 15 is 0 Å². The predicted molar refractivity (Wildman–Crippen MR) is 80.7 cm³/mol. The van der Waals surface area contributed by atoms with Gasteiger partial charge in [-0.15, -0.1) is 12.4 Å². The third-order valence-corrected chi connectivity index (χ3v) is 5.51. The summed E-state index contributed by atoms with van der Waals surface area (Å²) in [6, 6.07) is 0.797. The van der Waals surface area contributed by atoms with E-state index in [1.807, 2.05) is 0 Å². The molecule has 3 rings (SSSR count). The van der Waals surface area contributed by atoms with Gasteiger partial charge in [0.25, 0.3) is 0 Å². The minimum atomic E-state index is 0. The molecule has 2 saturated carbocycles. The van der Waals surface area contributed by atoms with E-state index in [-0.39, 0.29) is 12.4 Å². The summed E-state index contributed by atoms with van der Waals surface area (Å²) < 4.78 is 0. The van der Waals surface area contributed by atoms with Gasteiger partial charge in [-0.25, -0.2) is 0 Å². The van der Waals surface area contributed by atoms with E-state index in [9.17, 15) is 5.11 Å². The largest absolute Gasteiger partial charge is 0.395 e. The Labute approximate surface area is 123 Å². The van der Waals surface area contributed by atoms with Gasteiger partial charge in [-0.05, 0) is 62.9 Å². The van der Waals surface area contributed by atoms with E-state index in [1.54, 1.807) is 0 Å². The maximum atomic E-state index is 9.34. The lowest BCUT2D eigenvalue weighted by Gasteiger charge is -2.37. The average molecular weight is 289 g/mol. The second-order valence-electron chi connectivity index (χ2n) is 6.65. The first-order chi connectivity index (χ1) is 8.86. The Kier molecular flexibility index (Phi) is 5.94. The van der Waals surface area contributed by atoms with Crippen LogP contribution >= 0.6 is 12.4 Å². The zero-order valence-electron chi connectivity index (χ0n) is 11.9. The van der Waals surface area contributed by atoms with Crippen LogP contribution in [0.25, 0.3) is 0 Å². The Morgan fingerprint density at radius 3 is 2.42 bits per heavy atom. The van der Waals surface area contributed by atoms with Gasteiger partial charge in [-0.3, -0.25) is 4.90 Å². The molecule has 0 aromatic rings. The average Bonchev–Trinajstić information content (AvgIpc) is 3.02. The van der Waals surface area contributed by atoms with Gasteiger partial charge in [-0.1, -0.05) is 6.42 Å². The van der Waals surface area contributed by atoms with Crippen molar-refractivity contribution in [1.82, 2.24) is 10.2 Å². The Morgan fingerprint density at radius 2 is 1.84 bits per heavy atom. The Hall–Kier alpha value is 0.170. The molecule has 0 amide bonds. The van der Waals surface area contributed by atoms with Crippen LogP contribution in [0.2, 0.25) is 0 Å². The van der Waals surface area contributed by atoms with Crippen molar-refractivity contribution in [3.05, 3.63) is 0 Å². The molecule has 1 aliphatic heterocycles. The van der Waals surface area contributed by atoms with E-state index in [0.717, 1.165) is 30.3 Å². The van der Waals surface area contributed by atoms with Crippen LogP contribution < -0.4 is 5.32 Å². The molecular weight excluding hydrogens is 260 g/mol. The molecule has 2 N–H and O–H groups in total. The second kappa shape index (κ2) is 7.26. The van der Waals surface area contributed by atoms with E-state index in [2.05, 4.69) is 10.2 Å². The summed E-state index contributed by atoms with van der Waals surface area (Å²) in [7, 11) is 0. The zero-order chi connectivity index (χ0) is 12.4. The van der Waals surface area contributed by atoms with Gasteiger partial charge < -0.3 is 10.4 Å². The van der Waals surface area contributed by atoms with Crippen LogP contribution in [-0.2, 0) is 0 Å². The fraction of sp³-hybridized carbons (Fsp3) is 1.00. The number of piperidine rings is 1. The highest BCUT2D eigenvalue weighted by Crippen LogP contribution is 2.46. The van der Waals surface area contributed by atoms with Crippen molar-refractivity contribution in [2.24, 2.45) is 17.8 Å². The molecule has 2 bridgehead atoms. The van der Waals surface area contributed by atoms with Crippen LogP contribution in [0.3, 0.4) is 0 Å². The molecule has 1 saturated heterocycles. The number of hydrogen-bond donors (Lipinski definition) is 2. The highest BCUT2D eigenvalue weighted by Gasteiger charge is 2.42. The number of rotatable bonds is 5. The van der Waals surface area contributed by atoms with Crippen LogP contribution in [0, 0.1) is 17.8 Å². The lowest BCUT2D eigenvalue weighted by atomic mass is 9.91. The van der Waals surface area contributed by atoms with Crippen molar-refractivity contribution in [3.8, 4) is 0 Å². The molecule has 3 unspecified atom stereocenters. The minimum Gasteiger partial charge on any atom is -0.395 e. The number of aliphatic hydroxyl groups excluding tert-OH is 1. The van der Waals surface area contributed by atoms with Crippen molar-refractivity contribution in [2.75, 3.05) is 32.8 Å². The summed E-state index contributed by atoms with van der Waals surface area (Å²) in [5.74, 6) is 2.81. The normalized spacial score (nSPS) is 34.7. The van der Waals surface area contributed by atoms with Gasteiger partial charge >= 0.3 is 0 Å². The number of halogens is 1. The summed E-state index contributed by atoms with van der Waals surface area (Å²) in [4.78, 5) is 2.64. The molecule has 0 radical (unpaired) electrons. The van der Waals surface area contributed by atoms with E-state index in [4.69, 9.17) is 0 Å². The number of nitrogens with one attached hydrogen (secondary N) is 1. The van der Waals surface area contributed by atoms with Gasteiger partial charge in [0, 0.05) is 19.1 Å². The maximum Gasteiger partial charge on any atom is 0.0558 e. The molecule has 4 heteroatoms. The lowest BCUT2D eigenvalue weighted by Crippen LogP contribution is -2.45. The number of hydrogen-bond acceptors (Lipinski definition) is 3. The van der Waals surface area contributed by atoms with Crippen molar-refractivity contribution in [3.63, 3.8) is 0 Å². The van der Waals surface area contributed by atoms with Gasteiger partial charge in [0.15, 0.2) is 0 Å². The fourth-order valence-corrected chi connectivity index (χ4v) is 4.58. The second-order valence-corrected chi connectivity index (χ2v) is 6.65. The summed E-state index contributed by atoms with van der Waals surface area (Å²) in [6.07, 6.45) is 8.45. The predicted octanol–water partition coefficient (Wildman–Crippen LogP) is 1.89. The summed E-state index contributed by atoms with van der Waals surface area (Å²) in [6.45, 7) is 4.84. The highest BCUT2D eigenvalue weighted by molar-refractivity contribution is 5.85. The number of aliphatic hydroxyl groups is 1. The third-order valence-electron chi connectivity index (χ3n) is 5.51. The molecule has 2 aliphatic carbocycles. The van der Waals surface area contributed by atoms with Crippen LogP contribution in [0.5, 0.6) is 0 Å². The molecule has 3 atom stereocenters. The van der Waals surface area contributed by atoms with E-state index in [1.165, 1.54) is 58.2 Å². The van der Waals surface area contributed by atoms with Crippen LogP contribution in [0.15, 0.2) is 0 Å². The quantitative estimate of drug-likeness (QED) is 0.811. The zero-order valence-corrected chi connectivity index (χ0v) is 12.7. The first kappa shape index (κ1) is 15.6. The van der Waals surface area contributed by atoms with E-state index in [0.29, 0.717) is 6.61 Å². The Balaban J connectivity index is 0.00000133. The summed E-state index contributed by atoms with van der Waals surface area (Å²) in [5, 5.41) is 12.8. The molecule has 19 heavy (non-hydrogen) atoms. The minimum absolute atomic E-state index is 0. The maximum absolute atomic E-state index is 9.34. The van der Waals surface area contributed by atoms with Crippen molar-refractivity contribution in [1.29, 1.82) is 0 Å². The van der Waals surface area contributed by atoms with Gasteiger partial charge in [0.2, 0.25) is 0 Å². The van der Waals surface area contributed by atoms with Crippen molar-refractivity contribution >= 4 is 12.4 Å². The fourth-order valence-electron chi connectivity index (χ4n) is 4.58. The topological polar surface area (TPSA) is 35.5 Å². The first-order valence-corrected chi connectivity index (χ1v) is 7.92. The highest BCUT2D eigenvalue weighted by atomic mass is 35.5. The Bertz CT molecular complexity index is 271. The van der Waals surface area contributed by atoms with Crippen molar-refractivity contribution < 1.29 is 5.11 Å². The number of nitrogens with zero attached hydrogens (tertiary/aromatic N) is 1. The summed E-state index contributed by atoms with van der Waals surface area (Å²) in [5.41, 5.74) is 0. The van der Waals surface area contributed by atoms with E-state index < -0.39 is 0 Å². The molecule has 0 aromatic carbocycles. The molecule has 0 spiro atoms. The molecule has 112 valence electrons. The lowest BCUT2D eigenvalue weighted by molar-refractivity contribution is 0.0898. The SMILES string of the molecule is Cl.OCCN(CC1CCNCC1)C1CC2CCC1C2. The standard InChI is InChI=1S/C15H28N2O.ClH/c18-8-7-17(11-12-3-5-16-6-4-12)15-10-13-1-2-14(15)9-13;/h12-16,18H,1-11H2;1H. The molecule has 3 nitrogen and oxygen atoms in total. The molecular formula is C15H29ClN2O. The first-order valence-electron chi connectivity index (χ1n) is 7.92. The number of fused-ring (bicyclic) bond motifs is 2. The third kappa shape index (κ3) is 3.63. The molecule has 1 heterocycles. The van der Waals surface area contributed by atoms with Gasteiger partial charge in [0.05, 0.1) is 6.61 Å². The van der Waals surface area contributed by atoms with Crippen LogP contribution in [0.1, 0.15) is 38.5 Å². The van der Waals surface area contributed by atoms with Crippen LogP contribution in [0.4, 0.5) is 0 Å². The van der Waals surface area contributed by atoms with Crippen LogP contribution in [-0.4, -0.2) is 48.8 Å².